The van der Waals surface area contributed by atoms with Gasteiger partial charge in [0.1, 0.15) is 0 Å². The van der Waals surface area contributed by atoms with E-state index in [0.29, 0.717) is 0 Å². The number of rotatable bonds is 3. The van der Waals surface area contributed by atoms with Gasteiger partial charge in [0.25, 0.3) is 0 Å². The molecule has 13 heavy (non-hydrogen) atoms. The summed E-state index contributed by atoms with van der Waals surface area (Å²) in [5.74, 6) is 0. The van der Waals surface area contributed by atoms with Gasteiger partial charge < -0.3 is 4.98 Å². The summed E-state index contributed by atoms with van der Waals surface area (Å²) in [7, 11) is 0. The minimum absolute atomic E-state index is 1.14. The summed E-state index contributed by atoms with van der Waals surface area (Å²) >= 11 is 0. The Morgan fingerprint density at radius 1 is 1.46 bits per heavy atom. The molecule has 1 N–H and O–H groups in total. The first kappa shape index (κ1) is 8.30. The molecule has 0 radical (unpaired) electrons. The number of unbranched alkanes of at least 4 members (excludes halogenated alkanes) is 1. The zero-order valence-corrected chi connectivity index (χ0v) is 7.88. The molecule has 2 heteroatoms. The molecule has 2 nitrogen and oxygen atoms in total. The van der Waals surface area contributed by atoms with Crippen molar-refractivity contribution < 1.29 is 0 Å². The Kier molecular flexibility index (Phi) is 2.30. The second-order valence-electron chi connectivity index (χ2n) is 3.36. The topological polar surface area (TPSA) is 28.7 Å². The Morgan fingerprint density at radius 3 is 3.15 bits per heavy atom. The lowest BCUT2D eigenvalue weighted by Crippen LogP contribution is -1.82. The number of pyridine rings is 1. The molecule has 0 aliphatic rings. The van der Waals surface area contributed by atoms with Gasteiger partial charge in [0.15, 0.2) is 0 Å². The van der Waals surface area contributed by atoms with Crippen LogP contribution in [0, 0.1) is 0 Å². The van der Waals surface area contributed by atoms with Crippen molar-refractivity contribution in [3.05, 3.63) is 30.2 Å². The first-order valence-electron chi connectivity index (χ1n) is 4.82. The number of aryl methyl sites for hydroxylation is 1. The normalized spacial score (nSPS) is 10.8. The van der Waals surface area contributed by atoms with Gasteiger partial charge in [-0.3, -0.25) is 4.98 Å². The number of aromatic nitrogens is 2. The van der Waals surface area contributed by atoms with Gasteiger partial charge in [-0.2, -0.15) is 0 Å². The van der Waals surface area contributed by atoms with Gasteiger partial charge in [-0.15, -0.1) is 0 Å². The van der Waals surface area contributed by atoms with Crippen LogP contribution in [0.5, 0.6) is 0 Å². The predicted octanol–water partition coefficient (Wildman–Crippen LogP) is 2.91. The number of hydrogen-bond donors (Lipinski definition) is 1. The van der Waals surface area contributed by atoms with Crippen LogP contribution in [0.2, 0.25) is 0 Å². The molecule has 2 heterocycles. The van der Waals surface area contributed by atoms with Gasteiger partial charge in [-0.1, -0.05) is 13.3 Å². The standard InChI is InChI=1S/C11H14N2/c1-2-3-4-10-7-9-5-6-12-8-11(9)13-10/h5-8,13H,2-4H2,1H3. The Hall–Kier alpha value is -1.31. The molecular weight excluding hydrogens is 160 g/mol. The van der Waals surface area contributed by atoms with Crippen molar-refractivity contribution in [1.82, 2.24) is 9.97 Å². The smallest absolute Gasteiger partial charge is 0.0642 e. The van der Waals surface area contributed by atoms with Gasteiger partial charge >= 0.3 is 0 Å². The largest absolute Gasteiger partial charge is 0.357 e. The summed E-state index contributed by atoms with van der Waals surface area (Å²) in [5.41, 5.74) is 2.47. The second kappa shape index (κ2) is 3.60. The third-order valence-corrected chi connectivity index (χ3v) is 2.28. The Balaban J connectivity index is 2.28. The lowest BCUT2D eigenvalue weighted by Gasteiger charge is -1.92. The lowest BCUT2D eigenvalue weighted by atomic mass is 10.2. The van der Waals surface area contributed by atoms with E-state index in [1.165, 1.54) is 23.9 Å². The molecule has 0 atom stereocenters. The fourth-order valence-corrected chi connectivity index (χ4v) is 1.53. The monoisotopic (exact) mass is 174 g/mol. The first-order valence-corrected chi connectivity index (χ1v) is 4.82. The maximum Gasteiger partial charge on any atom is 0.0642 e. The fraction of sp³-hybridized carbons (Fsp3) is 0.364. The van der Waals surface area contributed by atoms with E-state index in [4.69, 9.17) is 0 Å². The van der Waals surface area contributed by atoms with Gasteiger partial charge in [0.05, 0.1) is 11.7 Å². The summed E-state index contributed by atoms with van der Waals surface area (Å²) in [6, 6.07) is 4.26. The lowest BCUT2D eigenvalue weighted by molar-refractivity contribution is 0.782. The third-order valence-electron chi connectivity index (χ3n) is 2.28. The van der Waals surface area contributed by atoms with Crippen LogP contribution >= 0.6 is 0 Å². The van der Waals surface area contributed by atoms with E-state index in [9.17, 15) is 0 Å². The highest BCUT2D eigenvalue weighted by molar-refractivity contribution is 5.79. The van der Waals surface area contributed by atoms with Crippen molar-refractivity contribution in [1.29, 1.82) is 0 Å². The molecule has 0 saturated heterocycles. The summed E-state index contributed by atoms with van der Waals surface area (Å²) in [6.45, 7) is 2.21. The van der Waals surface area contributed by atoms with Crippen molar-refractivity contribution in [2.75, 3.05) is 0 Å². The van der Waals surface area contributed by atoms with Crippen LogP contribution in [0.4, 0.5) is 0 Å². The highest BCUT2D eigenvalue weighted by Gasteiger charge is 1.98. The molecule has 0 aliphatic carbocycles. The molecule has 0 unspecified atom stereocenters. The van der Waals surface area contributed by atoms with Crippen LogP contribution in [0.1, 0.15) is 25.5 Å². The van der Waals surface area contributed by atoms with Crippen molar-refractivity contribution in [3.8, 4) is 0 Å². The second-order valence-corrected chi connectivity index (χ2v) is 3.36. The van der Waals surface area contributed by atoms with Crippen LogP contribution in [0.15, 0.2) is 24.5 Å². The quantitative estimate of drug-likeness (QED) is 0.761. The van der Waals surface area contributed by atoms with Crippen molar-refractivity contribution in [2.24, 2.45) is 0 Å². The SMILES string of the molecule is CCCCc1cc2ccncc2[nH]1. The summed E-state index contributed by atoms with van der Waals surface area (Å²) in [5, 5.41) is 1.26. The maximum absolute atomic E-state index is 4.08. The van der Waals surface area contributed by atoms with E-state index in [0.717, 1.165) is 11.9 Å². The van der Waals surface area contributed by atoms with Crippen LogP contribution < -0.4 is 0 Å². The van der Waals surface area contributed by atoms with Crippen molar-refractivity contribution in [3.63, 3.8) is 0 Å². The molecule has 0 bridgehead atoms. The van der Waals surface area contributed by atoms with Crippen molar-refractivity contribution >= 4 is 10.9 Å². The molecule has 0 saturated carbocycles. The number of hydrogen-bond acceptors (Lipinski definition) is 1. The molecule has 0 aromatic carbocycles. The number of nitrogens with one attached hydrogen (secondary N) is 1. The van der Waals surface area contributed by atoms with E-state index in [2.05, 4.69) is 23.0 Å². The van der Waals surface area contributed by atoms with Gasteiger partial charge in [-0.25, -0.2) is 0 Å². The highest BCUT2D eigenvalue weighted by atomic mass is 14.7. The van der Waals surface area contributed by atoms with E-state index in [1.54, 1.807) is 0 Å². The minimum atomic E-state index is 1.14. The Labute approximate surface area is 78.0 Å². The zero-order valence-electron chi connectivity index (χ0n) is 7.88. The number of aromatic amines is 1. The van der Waals surface area contributed by atoms with E-state index in [1.807, 2.05) is 18.5 Å². The highest BCUT2D eigenvalue weighted by Crippen LogP contribution is 2.14. The predicted molar refractivity (Wildman–Crippen MR) is 54.7 cm³/mol. The van der Waals surface area contributed by atoms with Crippen LogP contribution in [-0.2, 0) is 6.42 Å². The molecule has 0 fully saturated rings. The fourth-order valence-electron chi connectivity index (χ4n) is 1.53. The summed E-state index contributed by atoms with van der Waals surface area (Å²) in [6.07, 6.45) is 7.35. The number of nitrogens with zero attached hydrogens (tertiary/aromatic N) is 1. The summed E-state index contributed by atoms with van der Waals surface area (Å²) < 4.78 is 0. The van der Waals surface area contributed by atoms with Crippen LogP contribution in [0.3, 0.4) is 0 Å². The zero-order chi connectivity index (χ0) is 9.10. The molecule has 2 aromatic rings. The van der Waals surface area contributed by atoms with E-state index < -0.39 is 0 Å². The van der Waals surface area contributed by atoms with Gasteiger partial charge in [-0.05, 0) is 25.0 Å². The van der Waals surface area contributed by atoms with Gasteiger partial charge in [0, 0.05) is 17.3 Å². The van der Waals surface area contributed by atoms with Crippen LogP contribution in [-0.4, -0.2) is 9.97 Å². The molecule has 2 aromatic heterocycles. The first-order chi connectivity index (χ1) is 6.40. The average molecular weight is 174 g/mol. The van der Waals surface area contributed by atoms with E-state index >= 15 is 0 Å². The van der Waals surface area contributed by atoms with Gasteiger partial charge in [0.2, 0.25) is 0 Å². The Morgan fingerprint density at radius 2 is 2.38 bits per heavy atom. The molecule has 2 rings (SSSR count). The molecule has 68 valence electrons. The molecular formula is C11H14N2. The maximum atomic E-state index is 4.08. The average Bonchev–Trinajstić information content (AvgIpc) is 2.57. The molecule has 0 spiro atoms. The molecule has 0 amide bonds. The number of H-pyrrole nitrogens is 1. The number of fused-ring (bicyclic) bond motifs is 1. The summed E-state index contributed by atoms with van der Waals surface area (Å²) in [4.78, 5) is 7.44. The minimum Gasteiger partial charge on any atom is -0.357 e. The third kappa shape index (κ3) is 1.72. The molecule has 0 aliphatic heterocycles. The van der Waals surface area contributed by atoms with Crippen LogP contribution in [0.25, 0.3) is 10.9 Å². The van der Waals surface area contributed by atoms with E-state index in [-0.39, 0.29) is 0 Å². The Bertz CT molecular complexity index is 357. The van der Waals surface area contributed by atoms with Crippen molar-refractivity contribution in [2.45, 2.75) is 26.2 Å².